The van der Waals surface area contributed by atoms with Crippen molar-refractivity contribution < 1.29 is 32.2 Å². The number of fused-ring (bicyclic) bond motifs is 6. The predicted molar refractivity (Wildman–Crippen MR) is 121 cm³/mol. The summed E-state index contributed by atoms with van der Waals surface area (Å²) in [6, 6.07) is 5.81. The summed E-state index contributed by atoms with van der Waals surface area (Å²) >= 11 is 3.27. The Hall–Kier alpha value is -3.38. The van der Waals surface area contributed by atoms with Gasteiger partial charge in [-0.25, -0.2) is 23.2 Å². The second kappa shape index (κ2) is 8.87. The summed E-state index contributed by atoms with van der Waals surface area (Å²) in [7, 11) is -0.0710. The highest BCUT2D eigenvalue weighted by Crippen LogP contribution is 2.38. The first kappa shape index (κ1) is 22.8. The number of nitrogens with one attached hydrogen (secondary N) is 1. The van der Waals surface area contributed by atoms with Gasteiger partial charge in [0.25, 0.3) is 10.0 Å². The van der Waals surface area contributed by atoms with Gasteiger partial charge in [-0.3, -0.25) is 4.72 Å². The fraction of sp³-hybridized carbons (Fsp3) is 0.190. The molecule has 1 N–H and O–H groups in total. The molecule has 0 amide bonds. The number of pyridine rings is 2. The Morgan fingerprint density at radius 2 is 1.79 bits per heavy atom. The third kappa shape index (κ3) is 4.31. The zero-order chi connectivity index (χ0) is 23.8. The van der Waals surface area contributed by atoms with E-state index in [1.807, 2.05) is 0 Å². The van der Waals surface area contributed by atoms with Crippen molar-refractivity contribution in [3.05, 3.63) is 52.3 Å². The number of hydrogen-bond donors (Lipinski definition) is 1. The molecular weight excluding hydrogens is 518 g/mol. The Morgan fingerprint density at radius 1 is 1.00 bits per heavy atom. The van der Waals surface area contributed by atoms with Crippen LogP contribution in [0.5, 0.6) is 17.5 Å². The topological polar surface area (TPSA) is 126 Å². The van der Waals surface area contributed by atoms with Gasteiger partial charge in [-0.2, -0.15) is 0 Å². The molecule has 0 saturated heterocycles. The van der Waals surface area contributed by atoms with Crippen LogP contribution in [0.15, 0.2) is 46.0 Å². The maximum absolute atomic E-state index is 13.3. The van der Waals surface area contributed by atoms with E-state index in [1.54, 1.807) is 12.1 Å². The maximum atomic E-state index is 13.3. The molecule has 10 nitrogen and oxygen atoms in total. The zero-order valence-electron chi connectivity index (χ0n) is 17.7. The number of cyclic esters (lactones) is 1. The van der Waals surface area contributed by atoms with E-state index in [0.29, 0.717) is 22.6 Å². The summed E-state index contributed by atoms with van der Waals surface area (Å²) in [4.78, 5) is 20.9. The fourth-order valence-electron chi connectivity index (χ4n) is 3.31. The Kier molecular flexibility index (Phi) is 6.13. The van der Waals surface area contributed by atoms with Crippen molar-refractivity contribution in [1.29, 1.82) is 0 Å². The minimum atomic E-state index is -4.24. The first-order valence-corrected chi connectivity index (χ1v) is 11.7. The monoisotopic (exact) mass is 535 g/mol. The molecule has 2 aromatic heterocycles. The maximum Gasteiger partial charge on any atom is 0.338 e. The number of ether oxygens (including phenoxy) is 4. The molecule has 0 aliphatic carbocycles. The van der Waals surface area contributed by atoms with Gasteiger partial charge in [-0.05, 0) is 39.7 Å². The number of nitrogens with zero attached hydrogens (tertiary/aromatic N) is 2. The number of carbonyl (C=O) groups is 1. The number of hydrogen-bond acceptors (Lipinski definition) is 9. The van der Waals surface area contributed by atoms with Gasteiger partial charge < -0.3 is 18.9 Å². The lowest BCUT2D eigenvalue weighted by Gasteiger charge is -2.16. The molecule has 1 aliphatic rings. The van der Waals surface area contributed by atoms with Gasteiger partial charge in [0.05, 0.1) is 31.4 Å². The third-order valence-electron chi connectivity index (χ3n) is 4.87. The van der Waals surface area contributed by atoms with Gasteiger partial charge >= 0.3 is 5.97 Å². The standard InChI is InChI=1S/C21H18BrN3O7S/c1-29-18-7-14-12-5-16(20(31-3)24-8-12)25-33(27,28)17-6-11(4-15(22)19(17)30-2)21(26)32-10-13(14)9-23-18/h4-9,25H,10H2,1-3H3. The molecule has 1 aromatic carbocycles. The fourth-order valence-corrected chi connectivity index (χ4v) is 5.32. The number of anilines is 1. The molecule has 0 fully saturated rings. The lowest BCUT2D eigenvalue weighted by Crippen LogP contribution is -2.16. The second-order valence-electron chi connectivity index (χ2n) is 6.84. The van der Waals surface area contributed by atoms with Gasteiger partial charge in [0.1, 0.15) is 17.2 Å². The van der Waals surface area contributed by atoms with E-state index in [4.69, 9.17) is 18.9 Å². The molecule has 0 atom stereocenters. The van der Waals surface area contributed by atoms with Crippen LogP contribution in [-0.2, 0) is 21.4 Å². The smallest absolute Gasteiger partial charge is 0.338 e. The zero-order valence-corrected chi connectivity index (χ0v) is 20.1. The van der Waals surface area contributed by atoms with Gasteiger partial charge in [0.15, 0.2) is 5.75 Å². The van der Waals surface area contributed by atoms with E-state index >= 15 is 0 Å². The first-order chi connectivity index (χ1) is 15.8. The summed E-state index contributed by atoms with van der Waals surface area (Å²) < 4.78 is 50.7. The number of carbonyl (C=O) groups excluding carboxylic acids is 1. The van der Waals surface area contributed by atoms with Crippen LogP contribution in [0.4, 0.5) is 5.69 Å². The van der Waals surface area contributed by atoms with Crippen LogP contribution in [0, 0.1) is 0 Å². The highest BCUT2D eigenvalue weighted by molar-refractivity contribution is 9.10. The molecule has 0 radical (unpaired) electrons. The number of halogens is 1. The van der Waals surface area contributed by atoms with E-state index in [-0.39, 0.29) is 38.9 Å². The Bertz CT molecular complexity index is 1360. The van der Waals surface area contributed by atoms with Crippen molar-refractivity contribution in [2.24, 2.45) is 0 Å². The van der Waals surface area contributed by atoms with Crippen molar-refractivity contribution >= 4 is 37.6 Å². The molecule has 3 aromatic rings. The van der Waals surface area contributed by atoms with Gasteiger partial charge in [0, 0.05) is 29.6 Å². The average Bonchev–Trinajstić information content (AvgIpc) is 2.81. The van der Waals surface area contributed by atoms with Crippen molar-refractivity contribution in [1.82, 2.24) is 9.97 Å². The number of benzene rings is 1. The van der Waals surface area contributed by atoms with Crippen LogP contribution in [-0.4, -0.2) is 45.7 Å². The van der Waals surface area contributed by atoms with E-state index in [1.165, 1.54) is 45.9 Å². The summed E-state index contributed by atoms with van der Waals surface area (Å²) in [5, 5.41) is 0. The van der Waals surface area contributed by atoms with E-state index < -0.39 is 16.0 Å². The Balaban J connectivity index is 2.00. The minimum Gasteiger partial charge on any atom is -0.494 e. The largest absolute Gasteiger partial charge is 0.494 e. The Labute approximate surface area is 198 Å². The Morgan fingerprint density at radius 3 is 2.48 bits per heavy atom. The van der Waals surface area contributed by atoms with Crippen LogP contribution >= 0.6 is 15.9 Å². The van der Waals surface area contributed by atoms with Gasteiger partial charge in [-0.15, -0.1) is 0 Å². The second-order valence-corrected chi connectivity index (χ2v) is 9.34. The number of rotatable bonds is 3. The molecule has 0 spiro atoms. The van der Waals surface area contributed by atoms with Crippen molar-refractivity contribution in [2.45, 2.75) is 11.5 Å². The highest BCUT2D eigenvalue weighted by Gasteiger charge is 2.27. The van der Waals surface area contributed by atoms with Crippen LogP contribution < -0.4 is 18.9 Å². The molecular formula is C21H18BrN3O7S. The van der Waals surface area contributed by atoms with Crippen molar-refractivity contribution in [3.8, 4) is 28.6 Å². The average molecular weight is 536 g/mol. The lowest BCUT2D eigenvalue weighted by atomic mass is 10.0. The number of methoxy groups -OCH3 is 3. The molecule has 0 saturated carbocycles. The van der Waals surface area contributed by atoms with Crippen LogP contribution in [0.3, 0.4) is 0 Å². The molecule has 4 rings (SSSR count). The molecule has 1 aliphatic heterocycles. The lowest BCUT2D eigenvalue weighted by molar-refractivity contribution is 0.0472. The van der Waals surface area contributed by atoms with Gasteiger partial charge in [0.2, 0.25) is 11.8 Å². The molecule has 33 heavy (non-hydrogen) atoms. The number of sulfonamides is 1. The molecule has 4 bridgehead atoms. The van der Waals surface area contributed by atoms with Crippen LogP contribution in [0.1, 0.15) is 15.9 Å². The van der Waals surface area contributed by atoms with Crippen LogP contribution in [0.2, 0.25) is 0 Å². The molecule has 0 unspecified atom stereocenters. The normalized spacial score (nSPS) is 14.4. The third-order valence-corrected chi connectivity index (χ3v) is 6.83. The summed E-state index contributed by atoms with van der Waals surface area (Å²) in [6.45, 7) is -0.119. The van der Waals surface area contributed by atoms with Crippen molar-refractivity contribution in [2.75, 3.05) is 26.1 Å². The first-order valence-electron chi connectivity index (χ1n) is 9.42. The van der Waals surface area contributed by atoms with Gasteiger partial charge in [-0.1, -0.05) is 0 Å². The van der Waals surface area contributed by atoms with E-state index in [9.17, 15) is 13.2 Å². The molecule has 12 heteroatoms. The summed E-state index contributed by atoms with van der Waals surface area (Å²) in [5.74, 6) is -0.323. The molecule has 172 valence electrons. The predicted octanol–water partition coefficient (Wildman–Crippen LogP) is 3.40. The highest BCUT2D eigenvalue weighted by atomic mass is 79.9. The summed E-state index contributed by atoms with van der Waals surface area (Å²) in [6.07, 6.45) is 3.03. The quantitative estimate of drug-likeness (QED) is 0.502. The van der Waals surface area contributed by atoms with E-state index in [0.717, 1.165) is 0 Å². The summed E-state index contributed by atoms with van der Waals surface area (Å²) in [5.41, 5.74) is 1.79. The minimum absolute atomic E-state index is 0.0158. The van der Waals surface area contributed by atoms with Crippen LogP contribution in [0.25, 0.3) is 11.1 Å². The number of esters is 1. The van der Waals surface area contributed by atoms with E-state index in [2.05, 4.69) is 30.6 Å². The van der Waals surface area contributed by atoms with Crippen molar-refractivity contribution in [3.63, 3.8) is 0 Å². The number of aromatic nitrogens is 2. The SMILES string of the molecule is COc1cc2c(cn1)COC(=O)c1cc(Br)c(OC)c(c1)S(=O)(=O)Nc1cc-2cnc1OC. The molecule has 3 heterocycles.